The van der Waals surface area contributed by atoms with Crippen LogP contribution >= 0.6 is 11.6 Å². The molecule has 0 saturated carbocycles. The highest BCUT2D eigenvalue weighted by molar-refractivity contribution is 6.33. The third-order valence-electron chi connectivity index (χ3n) is 4.56. The van der Waals surface area contributed by atoms with E-state index in [1.807, 2.05) is 16.8 Å². The van der Waals surface area contributed by atoms with E-state index < -0.39 is 0 Å². The Morgan fingerprint density at radius 2 is 2.04 bits per heavy atom. The maximum atomic E-state index is 13.5. The summed E-state index contributed by atoms with van der Waals surface area (Å²) in [6, 6.07) is 12.7. The molecular weight excluding hydrogens is 337 g/mol. The molecule has 0 fully saturated rings. The van der Waals surface area contributed by atoms with Crippen LogP contribution < -0.4 is 5.32 Å². The highest BCUT2D eigenvalue weighted by atomic mass is 35.5. The van der Waals surface area contributed by atoms with Crippen molar-refractivity contribution in [1.29, 1.82) is 0 Å². The fourth-order valence-electron chi connectivity index (χ4n) is 3.35. The van der Waals surface area contributed by atoms with Crippen LogP contribution in [0.2, 0.25) is 5.02 Å². The van der Waals surface area contributed by atoms with Crippen LogP contribution in [0.15, 0.2) is 42.5 Å². The Labute approximate surface area is 151 Å². The number of hydrogen-bond donors (Lipinski definition) is 1. The monoisotopic (exact) mass is 355 g/mol. The van der Waals surface area contributed by atoms with Crippen LogP contribution in [0.5, 0.6) is 0 Å². The predicted molar refractivity (Wildman–Crippen MR) is 100 cm³/mol. The molecule has 3 aromatic rings. The molecule has 1 aromatic heterocycles. The average molecular weight is 356 g/mol. The molecule has 0 bridgehead atoms. The van der Waals surface area contributed by atoms with Gasteiger partial charge in [0.1, 0.15) is 11.6 Å². The molecule has 0 saturated heterocycles. The predicted octanol–water partition coefficient (Wildman–Crippen LogP) is 5.39. The Bertz CT molecular complexity index is 933. The van der Waals surface area contributed by atoms with Gasteiger partial charge in [0.2, 0.25) is 0 Å². The quantitative estimate of drug-likeness (QED) is 0.668. The lowest BCUT2D eigenvalue weighted by atomic mass is 10.0. The Balaban J connectivity index is 1.93. The molecule has 0 radical (unpaired) electrons. The molecule has 1 aliphatic heterocycles. The highest BCUT2D eigenvalue weighted by Gasteiger charge is 2.23. The number of nitrogens with one attached hydrogen (secondary N) is 1. The number of fused-ring (bicyclic) bond motifs is 1. The third kappa shape index (κ3) is 3.02. The van der Waals surface area contributed by atoms with Crippen LogP contribution in [0, 0.1) is 12.7 Å². The van der Waals surface area contributed by atoms with Crippen LogP contribution in [-0.4, -0.2) is 16.3 Å². The number of nitrogens with zero attached hydrogens (tertiary/aromatic N) is 2. The number of hydrogen-bond acceptors (Lipinski definition) is 2. The van der Waals surface area contributed by atoms with Crippen LogP contribution in [0.25, 0.3) is 16.9 Å². The lowest BCUT2D eigenvalue weighted by Crippen LogP contribution is -2.07. The Hall–Kier alpha value is -2.33. The van der Waals surface area contributed by atoms with Crippen molar-refractivity contribution < 1.29 is 4.39 Å². The molecule has 2 heterocycles. The minimum Gasteiger partial charge on any atom is -0.370 e. The van der Waals surface area contributed by atoms with E-state index in [0.29, 0.717) is 5.02 Å². The zero-order valence-electron chi connectivity index (χ0n) is 14.0. The number of benzene rings is 2. The normalized spacial score (nSPS) is 13.9. The summed E-state index contributed by atoms with van der Waals surface area (Å²) in [4.78, 5) is 0. The molecule has 0 spiro atoms. The van der Waals surface area contributed by atoms with Gasteiger partial charge in [0.25, 0.3) is 0 Å². The third-order valence-corrected chi connectivity index (χ3v) is 4.87. The molecule has 5 heteroatoms. The molecule has 1 N–H and O–H groups in total. The smallest absolute Gasteiger partial charge is 0.133 e. The molecule has 0 amide bonds. The minimum atomic E-state index is -0.337. The first-order valence-corrected chi connectivity index (χ1v) is 8.89. The van der Waals surface area contributed by atoms with E-state index in [4.69, 9.17) is 16.7 Å². The molecule has 3 nitrogen and oxygen atoms in total. The number of halogens is 2. The molecule has 1 aliphatic rings. The zero-order valence-corrected chi connectivity index (χ0v) is 14.8. The fourth-order valence-corrected chi connectivity index (χ4v) is 3.60. The second-order valence-corrected chi connectivity index (χ2v) is 6.84. The molecule has 128 valence electrons. The first kappa shape index (κ1) is 16.2. The largest absolute Gasteiger partial charge is 0.370 e. The van der Waals surface area contributed by atoms with Crippen molar-refractivity contribution in [3.05, 3.63) is 64.4 Å². The van der Waals surface area contributed by atoms with Crippen LogP contribution in [-0.2, 0) is 6.42 Å². The van der Waals surface area contributed by atoms with Gasteiger partial charge in [0.05, 0.1) is 16.4 Å². The van der Waals surface area contributed by atoms with E-state index >= 15 is 0 Å². The van der Waals surface area contributed by atoms with Gasteiger partial charge in [-0.3, -0.25) is 0 Å². The van der Waals surface area contributed by atoms with Crippen molar-refractivity contribution in [3.63, 3.8) is 0 Å². The second kappa shape index (κ2) is 6.52. The fraction of sp³-hybridized carbons (Fsp3) is 0.250. The lowest BCUT2D eigenvalue weighted by molar-refractivity contribution is 0.628. The van der Waals surface area contributed by atoms with Crippen LogP contribution in [0.1, 0.15) is 24.0 Å². The number of aryl methyl sites for hydroxylation is 1. The molecule has 0 unspecified atom stereocenters. The number of rotatable bonds is 2. The standard InChI is InChI=1S/C20H19ClFN3/c1-13-5-4-6-15(11-13)25-20-17(7-2-3-10-23-20)19(24-25)16-9-8-14(22)12-18(16)21/h4-6,8-9,11-12,23H,2-3,7,10H2,1H3. The Kier molecular flexibility index (Phi) is 4.22. The van der Waals surface area contributed by atoms with Crippen molar-refractivity contribution in [2.75, 3.05) is 11.9 Å². The van der Waals surface area contributed by atoms with E-state index in [2.05, 4.69) is 24.4 Å². The summed E-state index contributed by atoms with van der Waals surface area (Å²) in [5, 5.41) is 8.76. The van der Waals surface area contributed by atoms with E-state index in [-0.39, 0.29) is 5.82 Å². The van der Waals surface area contributed by atoms with Crippen molar-refractivity contribution >= 4 is 17.4 Å². The second-order valence-electron chi connectivity index (χ2n) is 6.43. The van der Waals surface area contributed by atoms with Gasteiger partial charge >= 0.3 is 0 Å². The summed E-state index contributed by atoms with van der Waals surface area (Å²) in [5.74, 6) is 0.676. The zero-order chi connectivity index (χ0) is 17.4. The van der Waals surface area contributed by atoms with Gasteiger partial charge in [-0.2, -0.15) is 5.10 Å². The van der Waals surface area contributed by atoms with Gasteiger partial charge in [-0.15, -0.1) is 0 Å². The first-order chi connectivity index (χ1) is 12.1. The van der Waals surface area contributed by atoms with Gasteiger partial charge in [0, 0.05) is 17.7 Å². The SMILES string of the molecule is Cc1cccc(-n2nc(-c3ccc(F)cc3Cl)c3c2NCCCC3)c1. The first-order valence-electron chi connectivity index (χ1n) is 8.52. The molecule has 0 atom stereocenters. The van der Waals surface area contributed by atoms with E-state index in [1.165, 1.54) is 17.7 Å². The van der Waals surface area contributed by atoms with Crippen molar-refractivity contribution in [3.8, 4) is 16.9 Å². The van der Waals surface area contributed by atoms with E-state index in [9.17, 15) is 4.39 Å². The van der Waals surface area contributed by atoms with Gasteiger partial charge in [0.15, 0.2) is 0 Å². The number of aromatic nitrogens is 2. The molecule has 0 aliphatic carbocycles. The topological polar surface area (TPSA) is 29.9 Å². The van der Waals surface area contributed by atoms with Crippen molar-refractivity contribution in [1.82, 2.24) is 9.78 Å². The Morgan fingerprint density at radius 3 is 2.84 bits per heavy atom. The average Bonchev–Trinajstić information content (AvgIpc) is 2.77. The summed E-state index contributed by atoms with van der Waals surface area (Å²) in [7, 11) is 0. The summed E-state index contributed by atoms with van der Waals surface area (Å²) >= 11 is 6.32. The van der Waals surface area contributed by atoms with E-state index in [1.54, 1.807) is 6.07 Å². The molecule has 4 rings (SSSR count). The van der Waals surface area contributed by atoms with Crippen LogP contribution in [0.3, 0.4) is 0 Å². The van der Waals surface area contributed by atoms with Crippen molar-refractivity contribution in [2.24, 2.45) is 0 Å². The summed E-state index contributed by atoms with van der Waals surface area (Å²) < 4.78 is 15.4. The summed E-state index contributed by atoms with van der Waals surface area (Å²) in [6.07, 6.45) is 3.13. The van der Waals surface area contributed by atoms with Gasteiger partial charge in [-0.05, 0) is 62.1 Å². The molecular formula is C20H19ClFN3. The van der Waals surface area contributed by atoms with Crippen molar-refractivity contribution in [2.45, 2.75) is 26.2 Å². The lowest BCUT2D eigenvalue weighted by Gasteiger charge is -2.09. The maximum Gasteiger partial charge on any atom is 0.133 e. The van der Waals surface area contributed by atoms with Gasteiger partial charge in [-0.1, -0.05) is 23.7 Å². The highest BCUT2D eigenvalue weighted by Crippen LogP contribution is 2.37. The van der Waals surface area contributed by atoms with Gasteiger partial charge < -0.3 is 5.32 Å². The Morgan fingerprint density at radius 1 is 1.16 bits per heavy atom. The molecule has 2 aromatic carbocycles. The van der Waals surface area contributed by atoms with E-state index in [0.717, 1.165) is 54.1 Å². The van der Waals surface area contributed by atoms with Crippen LogP contribution in [0.4, 0.5) is 10.2 Å². The molecule has 25 heavy (non-hydrogen) atoms. The summed E-state index contributed by atoms with van der Waals surface area (Å²) in [6.45, 7) is 2.98. The summed E-state index contributed by atoms with van der Waals surface area (Å²) in [5.41, 5.74) is 4.93. The number of anilines is 1. The van der Waals surface area contributed by atoms with Gasteiger partial charge in [-0.25, -0.2) is 9.07 Å². The maximum absolute atomic E-state index is 13.5. The minimum absolute atomic E-state index is 0.337.